The van der Waals surface area contributed by atoms with Gasteiger partial charge in [0.15, 0.2) is 0 Å². The average molecular weight is 224 g/mol. The van der Waals surface area contributed by atoms with E-state index >= 15 is 0 Å². The number of hydrogen-bond donors (Lipinski definition) is 4. The molecule has 1 heterocycles. The second kappa shape index (κ2) is 4.96. The van der Waals surface area contributed by atoms with Gasteiger partial charge in [-0.25, -0.2) is 0 Å². The van der Waals surface area contributed by atoms with Gasteiger partial charge in [-0.1, -0.05) is 0 Å². The molecule has 4 N–H and O–H groups in total. The topological polar surface area (TPSA) is 99.4 Å². The molecule has 0 radical (unpaired) electrons. The Kier molecular flexibility index (Phi) is 4.17. The van der Waals surface area contributed by atoms with Crippen LogP contribution in [0.15, 0.2) is 0 Å². The molecular weight excluding hydrogens is 212 g/mol. The Morgan fingerprint density at radius 1 is 1.21 bits per heavy atom. The van der Waals surface area contributed by atoms with Crippen LogP contribution in [0, 0.1) is 0 Å². The minimum absolute atomic E-state index is 0.484. The summed E-state index contributed by atoms with van der Waals surface area (Å²) in [5.74, 6) is 0. The van der Waals surface area contributed by atoms with Crippen molar-refractivity contribution in [3.05, 3.63) is 0 Å². The molecule has 0 amide bonds. The summed E-state index contributed by atoms with van der Waals surface area (Å²) >= 11 is 4.38. The van der Waals surface area contributed by atoms with E-state index in [-0.39, 0.29) is 0 Å². The minimum atomic E-state index is -1.43. The van der Waals surface area contributed by atoms with E-state index in [1.807, 2.05) is 0 Å². The molecule has 14 heavy (non-hydrogen) atoms. The van der Waals surface area contributed by atoms with Gasteiger partial charge >= 0.3 is 0 Å². The third kappa shape index (κ3) is 2.19. The van der Waals surface area contributed by atoms with Crippen LogP contribution in [0.3, 0.4) is 0 Å². The Balaban J connectivity index is 2.67. The second-order valence-electron chi connectivity index (χ2n) is 2.93. The number of aliphatic hydroxyl groups excluding tert-OH is 4. The van der Waals surface area contributed by atoms with E-state index in [2.05, 4.69) is 17.0 Å². The van der Waals surface area contributed by atoms with Crippen LogP contribution in [0.4, 0.5) is 0 Å². The monoisotopic (exact) mass is 224 g/mol. The third-order valence-corrected chi connectivity index (χ3v) is 2.15. The fourth-order valence-electron chi connectivity index (χ4n) is 1.23. The molecular formula is C7H12O6S. The van der Waals surface area contributed by atoms with E-state index in [0.29, 0.717) is 0 Å². The minimum Gasteiger partial charge on any atom is -0.458 e. The zero-order valence-corrected chi connectivity index (χ0v) is 8.00. The van der Waals surface area contributed by atoms with Gasteiger partial charge in [-0.2, -0.15) is 0 Å². The van der Waals surface area contributed by atoms with Gasteiger partial charge in [-0.3, -0.25) is 0 Å². The average Bonchev–Trinajstić information content (AvgIpc) is 2.19. The quantitative estimate of drug-likeness (QED) is 0.402. The van der Waals surface area contributed by atoms with Crippen LogP contribution in [0.2, 0.25) is 0 Å². The van der Waals surface area contributed by atoms with Crippen molar-refractivity contribution >= 4 is 17.8 Å². The van der Waals surface area contributed by atoms with Gasteiger partial charge in [0.05, 0.1) is 6.61 Å². The molecule has 5 atom stereocenters. The van der Waals surface area contributed by atoms with Gasteiger partial charge in [0, 0.05) is 0 Å². The second-order valence-corrected chi connectivity index (χ2v) is 3.12. The fraction of sp³-hybridized carbons (Fsp3) is 0.857. The maximum atomic E-state index is 9.34. The highest BCUT2D eigenvalue weighted by Gasteiger charge is 2.44. The SMILES string of the molecule is OC[C@H]1OC(OC=S)[C@H](O)[C@@H](O)[C@@H]1O. The summed E-state index contributed by atoms with van der Waals surface area (Å²) in [6.45, 7) is -0.484. The molecule has 6 nitrogen and oxygen atoms in total. The van der Waals surface area contributed by atoms with E-state index in [9.17, 15) is 15.3 Å². The molecule has 0 bridgehead atoms. The van der Waals surface area contributed by atoms with Crippen molar-refractivity contribution in [2.45, 2.75) is 30.7 Å². The first-order valence-electron chi connectivity index (χ1n) is 4.01. The Morgan fingerprint density at radius 2 is 1.86 bits per heavy atom. The van der Waals surface area contributed by atoms with Gasteiger partial charge in [0.2, 0.25) is 6.29 Å². The maximum absolute atomic E-state index is 9.34. The lowest BCUT2D eigenvalue weighted by Gasteiger charge is -2.38. The lowest BCUT2D eigenvalue weighted by atomic mass is 9.99. The van der Waals surface area contributed by atoms with Crippen LogP contribution in [0.25, 0.3) is 0 Å². The number of thiocarbonyl (C=S) groups is 1. The van der Waals surface area contributed by atoms with Crippen molar-refractivity contribution in [1.82, 2.24) is 0 Å². The highest BCUT2D eigenvalue weighted by molar-refractivity contribution is 7.78. The van der Waals surface area contributed by atoms with Gasteiger partial charge in [-0.15, -0.1) is 0 Å². The largest absolute Gasteiger partial charge is 0.458 e. The highest BCUT2D eigenvalue weighted by Crippen LogP contribution is 2.21. The lowest BCUT2D eigenvalue weighted by Crippen LogP contribution is -2.59. The maximum Gasteiger partial charge on any atom is 0.229 e. The van der Waals surface area contributed by atoms with Crippen LogP contribution in [-0.4, -0.2) is 63.3 Å². The van der Waals surface area contributed by atoms with E-state index in [1.165, 1.54) is 0 Å². The normalized spacial score (nSPS) is 43.3. The molecule has 1 unspecified atom stereocenters. The predicted molar refractivity (Wildman–Crippen MR) is 48.5 cm³/mol. The van der Waals surface area contributed by atoms with Crippen molar-refractivity contribution < 1.29 is 29.9 Å². The molecule has 0 spiro atoms. The van der Waals surface area contributed by atoms with Crippen LogP contribution < -0.4 is 0 Å². The number of hydrogen-bond acceptors (Lipinski definition) is 7. The standard InChI is InChI=1S/C7H12O6S/c8-1-3-4(9)5(10)6(11)7(13-3)12-2-14/h2-11H,1H2/t3-,4-,5+,6-,7?/m1/s1. The van der Waals surface area contributed by atoms with Crippen molar-refractivity contribution in [2.75, 3.05) is 6.61 Å². The Bertz CT molecular complexity index is 199. The molecule has 0 aromatic heterocycles. The number of aliphatic hydroxyl groups is 4. The predicted octanol–water partition coefficient (Wildman–Crippen LogP) is -2.24. The zero-order chi connectivity index (χ0) is 10.7. The van der Waals surface area contributed by atoms with Crippen LogP contribution in [0.5, 0.6) is 0 Å². The van der Waals surface area contributed by atoms with Crippen molar-refractivity contribution in [2.24, 2.45) is 0 Å². The molecule has 0 aliphatic carbocycles. The van der Waals surface area contributed by atoms with Crippen LogP contribution >= 0.6 is 12.2 Å². The summed E-state index contributed by atoms with van der Waals surface area (Å²) in [4.78, 5) is 0. The van der Waals surface area contributed by atoms with Crippen LogP contribution in [0.1, 0.15) is 0 Å². The highest BCUT2D eigenvalue weighted by atomic mass is 32.1. The molecule has 7 heteroatoms. The van der Waals surface area contributed by atoms with Crippen molar-refractivity contribution in [3.63, 3.8) is 0 Å². The molecule has 0 aromatic carbocycles. The number of ether oxygens (including phenoxy) is 2. The molecule has 0 aromatic rings. The Labute approximate surface area is 85.7 Å². The molecule has 0 saturated carbocycles. The summed E-state index contributed by atoms with van der Waals surface area (Å²) in [6, 6.07) is 0. The zero-order valence-electron chi connectivity index (χ0n) is 7.18. The van der Waals surface area contributed by atoms with E-state index in [4.69, 9.17) is 9.84 Å². The summed E-state index contributed by atoms with van der Waals surface area (Å²) < 4.78 is 9.62. The van der Waals surface area contributed by atoms with Gasteiger partial charge < -0.3 is 29.9 Å². The Hall–Kier alpha value is -0.310. The van der Waals surface area contributed by atoms with E-state index in [1.54, 1.807) is 0 Å². The van der Waals surface area contributed by atoms with Crippen LogP contribution in [-0.2, 0) is 9.47 Å². The summed E-state index contributed by atoms with van der Waals surface area (Å²) in [6.07, 6.45) is -6.33. The van der Waals surface area contributed by atoms with Gasteiger partial charge in [-0.05, 0) is 12.2 Å². The molecule has 1 rings (SSSR count). The number of rotatable bonds is 3. The first kappa shape index (κ1) is 11.8. The molecule has 1 aliphatic heterocycles. The summed E-state index contributed by atoms with van der Waals surface area (Å²) in [5, 5.41) is 36.8. The summed E-state index contributed by atoms with van der Waals surface area (Å²) in [7, 11) is 0. The smallest absolute Gasteiger partial charge is 0.229 e. The first-order chi connectivity index (χ1) is 6.61. The van der Waals surface area contributed by atoms with E-state index in [0.717, 1.165) is 5.55 Å². The van der Waals surface area contributed by atoms with Gasteiger partial charge in [0.25, 0.3) is 0 Å². The summed E-state index contributed by atoms with van der Waals surface area (Å²) in [5.41, 5.74) is 0.882. The first-order valence-corrected chi connectivity index (χ1v) is 4.48. The molecule has 1 aliphatic rings. The molecule has 82 valence electrons. The molecule has 1 fully saturated rings. The lowest BCUT2D eigenvalue weighted by molar-refractivity contribution is -0.279. The van der Waals surface area contributed by atoms with E-state index < -0.39 is 37.3 Å². The van der Waals surface area contributed by atoms with Crippen molar-refractivity contribution in [1.29, 1.82) is 0 Å². The Morgan fingerprint density at radius 3 is 2.36 bits per heavy atom. The third-order valence-electron chi connectivity index (χ3n) is 2.04. The van der Waals surface area contributed by atoms with Gasteiger partial charge in [0.1, 0.15) is 30.0 Å². The fourth-order valence-corrected chi connectivity index (χ4v) is 1.34. The molecule has 1 saturated heterocycles. The van der Waals surface area contributed by atoms with Crippen molar-refractivity contribution in [3.8, 4) is 0 Å².